The maximum absolute atomic E-state index is 10.7. The van der Waals surface area contributed by atoms with Crippen molar-refractivity contribution in [3.8, 4) is 0 Å². The third-order valence-corrected chi connectivity index (χ3v) is 4.64. The highest BCUT2D eigenvalue weighted by Crippen LogP contribution is 2.28. The molecule has 0 saturated carbocycles. The maximum Gasteiger partial charge on any atom is 0.0972 e. The molecule has 5 rings (SSSR count). The van der Waals surface area contributed by atoms with Crippen LogP contribution in [0.1, 0.15) is 11.7 Å². The lowest BCUT2D eigenvalue weighted by atomic mass is 9.97. The molecule has 0 aliphatic carbocycles. The Labute approximate surface area is 118 Å². The van der Waals surface area contributed by atoms with Crippen LogP contribution in [0.25, 0.3) is 10.9 Å². The third kappa shape index (κ3) is 2.00. The summed E-state index contributed by atoms with van der Waals surface area (Å²) in [5.74, 6) is 0. The summed E-state index contributed by atoms with van der Waals surface area (Å²) in [5.41, 5.74) is 1.92. The number of nitrogens with zero attached hydrogens (tertiary/aromatic N) is 3. The first-order valence-electron chi connectivity index (χ1n) is 7.30. The van der Waals surface area contributed by atoms with Crippen LogP contribution in [0.4, 0.5) is 0 Å². The van der Waals surface area contributed by atoms with Gasteiger partial charge in [0, 0.05) is 49.9 Å². The Morgan fingerprint density at radius 1 is 1.15 bits per heavy atom. The molecule has 1 N–H and O–H groups in total. The highest BCUT2D eigenvalue weighted by Gasteiger charge is 2.36. The number of aromatic nitrogens is 1. The molecule has 2 atom stereocenters. The molecule has 3 fully saturated rings. The highest BCUT2D eigenvalue weighted by molar-refractivity contribution is 5.78. The fourth-order valence-corrected chi connectivity index (χ4v) is 3.43. The number of pyridine rings is 1. The average molecular weight is 269 g/mol. The molecule has 3 saturated heterocycles. The van der Waals surface area contributed by atoms with Gasteiger partial charge in [0.1, 0.15) is 0 Å². The van der Waals surface area contributed by atoms with Crippen LogP contribution in [-0.4, -0.2) is 58.7 Å². The summed E-state index contributed by atoms with van der Waals surface area (Å²) >= 11 is 0. The van der Waals surface area contributed by atoms with Gasteiger partial charge in [-0.15, -0.1) is 0 Å². The lowest BCUT2D eigenvalue weighted by Crippen LogP contribution is -2.62. The van der Waals surface area contributed by atoms with E-state index in [4.69, 9.17) is 0 Å². The Bertz CT molecular complexity index is 622. The van der Waals surface area contributed by atoms with E-state index in [0.717, 1.165) is 49.2 Å². The van der Waals surface area contributed by atoms with Crippen molar-refractivity contribution >= 4 is 10.9 Å². The monoisotopic (exact) mass is 269 g/mol. The Kier molecular flexibility index (Phi) is 2.95. The van der Waals surface area contributed by atoms with Crippen molar-refractivity contribution < 1.29 is 5.11 Å². The van der Waals surface area contributed by atoms with Gasteiger partial charge in [-0.1, -0.05) is 18.2 Å². The van der Waals surface area contributed by atoms with E-state index in [1.807, 2.05) is 24.4 Å². The van der Waals surface area contributed by atoms with Gasteiger partial charge in [-0.3, -0.25) is 14.8 Å². The summed E-state index contributed by atoms with van der Waals surface area (Å²) < 4.78 is 0. The zero-order valence-corrected chi connectivity index (χ0v) is 11.4. The van der Waals surface area contributed by atoms with Crippen LogP contribution >= 0.6 is 0 Å². The molecule has 2 unspecified atom stereocenters. The Hall–Kier alpha value is -1.49. The second-order valence-corrected chi connectivity index (χ2v) is 5.81. The molecule has 4 heterocycles. The van der Waals surface area contributed by atoms with Gasteiger partial charge < -0.3 is 5.11 Å². The summed E-state index contributed by atoms with van der Waals surface area (Å²) in [6, 6.07) is 10.3. The number of hydrogen-bond donors (Lipinski definition) is 1. The van der Waals surface area contributed by atoms with E-state index in [1.54, 1.807) is 0 Å². The number of aliphatic hydroxyl groups is 1. The standard InChI is InChI=1S/C16H19N3O/c20-16(15-11-18-5-7-19(15)8-6-18)13-9-12-3-1-2-4-14(12)17-10-13/h1-4,9-10,15-16,20H,5-8,11H2. The number of fused-ring (bicyclic) bond motifs is 4. The summed E-state index contributed by atoms with van der Waals surface area (Å²) in [5, 5.41) is 11.8. The molecule has 1 aromatic heterocycles. The molecule has 3 aliphatic heterocycles. The van der Waals surface area contributed by atoms with E-state index in [0.29, 0.717) is 0 Å². The SMILES string of the molecule is OC(c1cnc2ccccc2c1)C1CN2CCN1CC2. The number of piperazine rings is 3. The second-order valence-electron chi connectivity index (χ2n) is 5.81. The van der Waals surface area contributed by atoms with E-state index in [9.17, 15) is 5.11 Å². The van der Waals surface area contributed by atoms with Gasteiger partial charge in [0.25, 0.3) is 0 Å². The van der Waals surface area contributed by atoms with Crippen LogP contribution < -0.4 is 0 Å². The molecule has 1 aromatic carbocycles. The number of para-hydroxylation sites is 1. The van der Waals surface area contributed by atoms with E-state index in [-0.39, 0.29) is 6.04 Å². The van der Waals surface area contributed by atoms with Crippen LogP contribution in [0.3, 0.4) is 0 Å². The molecular formula is C16H19N3O. The molecule has 104 valence electrons. The van der Waals surface area contributed by atoms with Crippen LogP contribution in [0.2, 0.25) is 0 Å². The van der Waals surface area contributed by atoms with Crippen molar-refractivity contribution in [3.63, 3.8) is 0 Å². The number of benzene rings is 1. The highest BCUT2D eigenvalue weighted by atomic mass is 16.3. The topological polar surface area (TPSA) is 39.6 Å². The van der Waals surface area contributed by atoms with Gasteiger partial charge in [-0.25, -0.2) is 0 Å². The third-order valence-electron chi connectivity index (χ3n) is 4.64. The molecule has 3 aliphatic rings. The van der Waals surface area contributed by atoms with Gasteiger partial charge in [0.15, 0.2) is 0 Å². The smallest absolute Gasteiger partial charge is 0.0972 e. The second kappa shape index (κ2) is 4.81. The van der Waals surface area contributed by atoms with E-state index in [2.05, 4.69) is 26.9 Å². The van der Waals surface area contributed by atoms with Crippen LogP contribution in [0.15, 0.2) is 36.5 Å². The summed E-state index contributed by atoms with van der Waals surface area (Å²) in [6.45, 7) is 5.39. The number of aliphatic hydroxyl groups excluding tert-OH is 1. The summed E-state index contributed by atoms with van der Waals surface area (Å²) in [6.07, 6.45) is 1.38. The molecule has 2 bridgehead atoms. The minimum atomic E-state index is -0.449. The van der Waals surface area contributed by atoms with Crippen molar-refractivity contribution in [3.05, 3.63) is 42.1 Å². The number of hydrogen-bond acceptors (Lipinski definition) is 4. The van der Waals surface area contributed by atoms with Crippen LogP contribution in [0.5, 0.6) is 0 Å². The van der Waals surface area contributed by atoms with E-state index >= 15 is 0 Å². The quantitative estimate of drug-likeness (QED) is 0.891. The predicted octanol–water partition coefficient (Wildman–Crippen LogP) is 1.27. The lowest BCUT2D eigenvalue weighted by molar-refractivity contribution is -0.0470. The fourth-order valence-electron chi connectivity index (χ4n) is 3.43. The zero-order chi connectivity index (χ0) is 13.5. The van der Waals surface area contributed by atoms with Gasteiger partial charge >= 0.3 is 0 Å². The van der Waals surface area contributed by atoms with Gasteiger partial charge in [-0.2, -0.15) is 0 Å². The van der Waals surface area contributed by atoms with Crippen molar-refractivity contribution in [2.24, 2.45) is 0 Å². The molecule has 0 amide bonds. The lowest BCUT2D eigenvalue weighted by Gasteiger charge is -2.49. The number of rotatable bonds is 2. The van der Waals surface area contributed by atoms with Gasteiger partial charge in [0.05, 0.1) is 17.7 Å². The summed E-state index contributed by atoms with van der Waals surface area (Å²) in [7, 11) is 0. The molecule has 20 heavy (non-hydrogen) atoms. The maximum atomic E-state index is 10.7. The zero-order valence-electron chi connectivity index (χ0n) is 11.4. The van der Waals surface area contributed by atoms with Crippen LogP contribution in [-0.2, 0) is 0 Å². The Morgan fingerprint density at radius 2 is 1.95 bits per heavy atom. The van der Waals surface area contributed by atoms with Crippen molar-refractivity contribution in [2.75, 3.05) is 32.7 Å². The molecular weight excluding hydrogens is 250 g/mol. The average Bonchev–Trinajstić information content (AvgIpc) is 2.54. The first-order valence-corrected chi connectivity index (χ1v) is 7.30. The largest absolute Gasteiger partial charge is 0.387 e. The molecule has 4 nitrogen and oxygen atoms in total. The molecule has 0 radical (unpaired) electrons. The molecule has 2 aromatic rings. The van der Waals surface area contributed by atoms with Gasteiger partial charge in [0.2, 0.25) is 0 Å². The summed E-state index contributed by atoms with van der Waals surface area (Å²) in [4.78, 5) is 9.33. The van der Waals surface area contributed by atoms with E-state index < -0.39 is 6.10 Å². The first kappa shape index (κ1) is 12.3. The van der Waals surface area contributed by atoms with Crippen molar-refractivity contribution in [1.29, 1.82) is 0 Å². The van der Waals surface area contributed by atoms with Gasteiger partial charge in [-0.05, 0) is 12.1 Å². The molecule has 4 heteroatoms. The minimum absolute atomic E-state index is 0.209. The molecule has 0 spiro atoms. The Balaban J connectivity index is 1.64. The van der Waals surface area contributed by atoms with Crippen molar-refractivity contribution in [2.45, 2.75) is 12.1 Å². The van der Waals surface area contributed by atoms with E-state index in [1.165, 1.54) is 0 Å². The van der Waals surface area contributed by atoms with Crippen molar-refractivity contribution in [1.82, 2.24) is 14.8 Å². The normalized spacial score (nSPS) is 30.6. The minimum Gasteiger partial charge on any atom is -0.387 e. The Morgan fingerprint density at radius 3 is 2.70 bits per heavy atom. The van der Waals surface area contributed by atoms with Crippen LogP contribution in [0, 0.1) is 0 Å². The predicted molar refractivity (Wildman–Crippen MR) is 78.5 cm³/mol. The fraction of sp³-hybridized carbons (Fsp3) is 0.438. The first-order chi connectivity index (χ1) is 9.81.